The van der Waals surface area contributed by atoms with E-state index in [4.69, 9.17) is 0 Å². The molecule has 0 aliphatic heterocycles. The van der Waals surface area contributed by atoms with E-state index in [0.29, 0.717) is 22.6 Å². The third-order valence-electron chi connectivity index (χ3n) is 15.2. The Balaban J connectivity index is 1.42. The minimum Gasteiger partial charge on any atom is -0.307 e. The van der Waals surface area contributed by atoms with Crippen molar-refractivity contribution in [3.63, 3.8) is 0 Å². The molecule has 2 aliphatic rings. The van der Waals surface area contributed by atoms with E-state index in [1.54, 1.807) is 11.1 Å². The van der Waals surface area contributed by atoms with Gasteiger partial charge in [0.05, 0.1) is 0 Å². The Morgan fingerprint density at radius 1 is 0.475 bits per heavy atom. The Bertz CT molecular complexity index is 1470. The van der Waals surface area contributed by atoms with Crippen LogP contribution in [0.5, 0.6) is 0 Å². The van der Waals surface area contributed by atoms with Gasteiger partial charge >= 0.3 is 0 Å². The second-order valence-corrected chi connectivity index (χ2v) is 25.7. The van der Waals surface area contributed by atoms with Gasteiger partial charge in [0.2, 0.25) is 0 Å². The zero-order valence-electron chi connectivity index (χ0n) is 42.2. The SMILES string of the molecule is BC1(C)CCCCCCCCC1c1cccc(C(C)(C)CC(C)(C)NC(C)(C)CC(C)(C)NC(C)(C)CC(C)(C)c2cccc(C3CCCCCCCCC3(C)C)c2)c1. The predicted octanol–water partition coefficient (Wildman–Crippen LogP) is 15.7. The van der Waals surface area contributed by atoms with Crippen molar-refractivity contribution in [2.75, 3.05) is 0 Å². The van der Waals surface area contributed by atoms with Gasteiger partial charge in [-0.1, -0.05) is 186 Å². The number of hydrogen-bond donors (Lipinski definition) is 2. The van der Waals surface area contributed by atoms with E-state index in [-0.39, 0.29) is 33.0 Å². The maximum atomic E-state index is 4.21. The minimum atomic E-state index is -0.0553. The van der Waals surface area contributed by atoms with Gasteiger partial charge in [-0.15, -0.1) is 0 Å². The highest BCUT2D eigenvalue weighted by Gasteiger charge is 2.41. The molecule has 0 amide bonds. The highest BCUT2D eigenvalue weighted by atomic mass is 15.1. The van der Waals surface area contributed by atoms with E-state index in [1.807, 2.05) is 0 Å². The molecule has 4 rings (SSSR count). The first-order chi connectivity index (χ1) is 27.1. The average Bonchev–Trinajstić information content (AvgIpc) is 3.07. The molecular formula is C56H97BN2. The molecule has 0 heterocycles. The van der Waals surface area contributed by atoms with Crippen LogP contribution in [-0.4, -0.2) is 30.0 Å². The summed E-state index contributed by atoms with van der Waals surface area (Å²) in [5, 5.41) is 8.77. The fourth-order valence-electron chi connectivity index (χ4n) is 13.5. The standard InChI is InChI=1S/C56H97BN2/c1-49(2)36-26-22-18-16-20-24-34-47(49)43-30-28-32-45(38-43)50(3,4)40-52(7,8)58-54(11,12)42-55(13,14)59-53(9,10)41-51(5,6)46-33-29-31-44(39-46)48-35-25-21-17-19-23-27-37-56(48,15)57/h28-33,38-39,47-48,58-59H,16-27,34-37,40-42,57H2,1-15H3. The van der Waals surface area contributed by atoms with Crippen LogP contribution in [0, 0.1) is 5.41 Å². The zero-order chi connectivity index (χ0) is 44.0. The fraction of sp³-hybridized carbons (Fsp3) is 0.786. The lowest BCUT2D eigenvalue weighted by Gasteiger charge is -2.47. The van der Waals surface area contributed by atoms with Gasteiger partial charge in [-0.3, -0.25) is 0 Å². The summed E-state index contributed by atoms with van der Waals surface area (Å²) in [5.74, 6) is 1.27. The molecule has 2 fully saturated rings. The molecule has 2 aromatic rings. The van der Waals surface area contributed by atoms with Gasteiger partial charge in [-0.05, 0) is 144 Å². The van der Waals surface area contributed by atoms with Crippen LogP contribution in [-0.2, 0) is 10.8 Å². The largest absolute Gasteiger partial charge is 0.307 e. The summed E-state index contributed by atoms with van der Waals surface area (Å²) in [4.78, 5) is 0. The third-order valence-corrected chi connectivity index (χ3v) is 15.2. The molecule has 2 aromatic carbocycles. The summed E-state index contributed by atoms with van der Waals surface area (Å²) in [6.07, 6.45) is 25.2. The lowest BCUT2D eigenvalue weighted by Crippen LogP contribution is -2.61. The zero-order valence-corrected chi connectivity index (χ0v) is 42.2. The van der Waals surface area contributed by atoms with Crippen molar-refractivity contribution in [2.45, 2.75) is 276 Å². The molecule has 2 N–H and O–H groups in total. The summed E-state index contributed by atoms with van der Waals surface area (Å²) in [7, 11) is 2.55. The van der Waals surface area contributed by atoms with E-state index < -0.39 is 0 Å². The number of hydrogen-bond acceptors (Lipinski definition) is 2. The number of rotatable bonds is 14. The highest BCUT2D eigenvalue weighted by molar-refractivity contribution is 6.15. The van der Waals surface area contributed by atoms with Crippen LogP contribution in [0.4, 0.5) is 0 Å². The molecule has 2 saturated carbocycles. The van der Waals surface area contributed by atoms with Gasteiger partial charge < -0.3 is 10.6 Å². The maximum Gasteiger partial charge on any atom is 0.109 e. The van der Waals surface area contributed by atoms with Crippen LogP contribution in [0.2, 0.25) is 5.31 Å². The minimum absolute atomic E-state index is 0.0410. The van der Waals surface area contributed by atoms with Crippen LogP contribution < -0.4 is 10.6 Å². The molecule has 2 nitrogen and oxygen atoms in total. The topological polar surface area (TPSA) is 24.1 Å². The van der Waals surface area contributed by atoms with Crippen molar-refractivity contribution in [1.29, 1.82) is 0 Å². The molecule has 0 saturated heterocycles. The lowest BCUT2D eigenvalue weighted by molar-refractivity contribution is 0.145. The van der Waals surface area contributed by atoms with E-state index >= 15 is 0 Å². The molecule has 0 spiro atoms. The molecular weight excluding hydrogens is 711 g/mol. The van der Waals surface area contributed by atoms with Crippen molar-refractivity contribution >= 4 is 7.85 Å². The first-order valence-electron chi connectivity index (χ1n) is 24.9. The molecule has 2 aliphatic carbocycles. The second-order valence-electron chi connectivity index (χ2n) is 25.7. The van der Waals surface area contributed by atoms with Gasteiger partial charge in [0.25, 0.3) is 0 Å². The van der Waals surface area contributed by atoms with Crippen LogP contribution in [0.1, 0.15) is 260 Å². The van der Waals surface area contributed by atoms with Crippen molar-refractivity contribution in [3.8, 4) is 0 Å². The first kappa shape index (κ1) is 50.1. The second kappa shape index (κ2) is 19.9. The van der Waals surface area contributed by atoms with E-state index in [1.165, 1.54) is 114 Å². The highest BCUT2D eigenvalue weighted by Crippen LogP contribution is 2.49. The Kier molecular flexibility index (Phi) is 16.9. The van der Waals surface area contributed by atoms with Crippen molar-refractivity contribution < 1.29 is 0 Å². The molecule has 3 unspecified atom stereocenters. The van der Waals surface area contributed by atoms with E-state index in [0.717, 1.165) is 19.3 Å². The van der Waals surface area contributed by atoms with Crippen LogP contribution in [0.3, 0.4) is 0 Å². The molecule has 0 bridgehead atoms. The van der Waals surface area contributed by atoms with Gasteiger partial charge in [0.15, 0.2) is 0 Å². The monoisotopic (exact) mass is 809 g/mol. The molecule has 3 heteroatoms. The van der Waals surface area contributed by atoms with Crippen LogP contribution in [0.25, 0.3) is 0 Å². The summed E-state index contributed by atoms with van der Waals surface area (Å²) in [6, 6.07) is 19.6. The number of benzene rings is 2. The fourth-order valence-corrected chi connectivity index (χ4v) is 13.5. The molecule has 0 radical (unpaired) electrons. The normalized spacial score (nSPS) is 24.1. The van der Waals surface area contributed by atoms with Gasteiger partial charge in [-0.25, -0.2) is 0 Å². The lowest BCUT2D eigenvalue weighted by atomic mass is 9.56. The van der Waals surface area contributed by atoms with E-state index in [2.05, 4.69) is 171 Å². The van der Waals surface area contributed by atoms with Gasteiger partial charge in [0.1, 0.15) is 7.85 Å². The first-order valence-corrected chi connectivity index (χ1v) is 24.9. The summed E-state index contributed by atoms with van der Waals surface area (Å²) >= 11 is 0. The Morgan fingerprint density at radius 3 is 1.29 bits per heavy atom. The predicted molar refractivity (Wildman–Crippen MR) is 265 cm³/mol. The van der Waals surface area contributed by atoms with Gasteiger partial charge in [-0.2, -0.15) is 0 Å². The maximum absolute atomic E-state index is 4.21. The molecule has 334 valence electrons. The Labute approximate surface area is 369 Å². The number of nitrogens with one attached hydrogen (secondary N) is 2. The van der Waals surface area contributed by atoms with Crippen molar-refractivity contribution in [2.24, 2.45) is 5.41 Å². The van der Waals surface area contributed by atoms with E-state index in [9.17, 15) is 0 Å². The summed E-state index contributed by atoms with van der Waals surface area (Å²) in [6.45, 7) is 37.0. The van der Waals surface area contributed by atoms with Crippen molar-refractivity contribution in [1.82, 2.24) is 10.6 Å². The Morgan fingerprint density at radius 2 is 0.831 bits per heavy atom. The van der Waals surface area contributed by atoms with Crippen molar-refractivity contribution in [3.05, 3.63) is 70.8 Å². The van der Waals surface area contributed by atoms with Crippen LogP contribution >= 0.6 is 0 Å². The molecule has 0 aromatic heterocycles. The average molecular weight is 809 g/mol. The Hall–Kier alpha value is -1.58. The smallest absolute Gasteiger partial charge is 0.109 e. The quantitative estimate of drug-likeness (QED) is 0.186. The summed E-state index contributed by atoms with van der Waals surface area (Å²) < 4.78 is 0. The van der Waals surface area contributed by atoms with Crippen LogP contribution in [0.15, 0.2) is 48.5 Å². The summed E-state index contributed by atoms with van der Waals surface area (Å²) in [5.41, 5.74) is 6.37. The molecule has 3 atom stereocenters. The third kappa shape index (κ3) is 15.3. The molecule has 59 heavy (non-hydrogen) atoms. The van der Waals surface area contributed by atoms with Gasteiger partial charge in [0, 0.05) is 22.2 Å².